The summed E-state index contributed by atoms with van der Waals surface area (Å²) < 4.78 is 27.7. The number of benzene rings is 1. The zero-order valence-corrected chi connectivity index (χ0v) is 16.6. The second kappa shape index (κ2) is 10.1. The first kappa shape index (κ1) is 22.5. The molecule has 1 aromatic carbocycles. The van der Waals surface area contributed by atoms with E-state index >= 15 is 0 Å². The number of Topliss-reactive ketones (excluding diaryl/α,β-unsaturated/α-hetero) is 1. The van der Waals surface area contributed by atoms with E-state index < -0.39 is 30.0 Å². The molecule has 0 radical (unpaired) electrons. The number of aromatic nitrogens is 2. The summed E-state index contributed by atoms with van der Waals surface area (Å²) in [4.78, 5) is 39.6. The Morgan fingerprint density at radius 3 is 2.34 bits per heavy atom. The number of ketones is 1. The Kier molecular flexibility index (Phi) is 7.83. The molecule has 7 nitrogen and oxygen atoms in total. The predicted molar refractivity (Wildman–Crippen MR) is 108 cm³/mol. The van der Waals surface area contributed by atoms with Crippen molar-refractivity contribution in [2.24, 2.45) is 0 Å². The fraction of sp³-hybridized carbons (Fsp3) is 0.450. The number of halogens is 2. The SMILES string of the molecule is CCCN(CC(=O)c1c(N)n(Cc2ccccc2)c(=O)n(CC)c1=O)CC(F)F. The minimum Gasteiger partial charge on any atom is -0.384 e. The largest absolute Gasteiger partial charge is 0.384 e. The standard InChI is InChI=1S/C20H26F2N4O3/c1-3-10-24(13-16(21)22)12-15(27)17-18(23)26(11-14-8-6-5-7-9-14)20(29)25(4-2)19(17)28/h5-9,16H,3-4,10-13,23H2,1-2H3. The fourth-order valence-electron chi connectivity index (χ4n) is 3.20. The van der Waals surface area contributed by atoms with Crippen molar-refractivity contribution in [1.29, 1.82) is 0 Å². The van der Waals surface area contributed by atoms with Crippen LogP contribution in [-0.4, -0.2) is 45.9 Å². The summed E-state index contributed by atoms with van der Waals surface area (Å²) in [5.41, 5.74) is 5.09. The third-order valence-electron chi connectivity index (χ3n) is 4.55. The molecule has 0 fully saturated rings. The molecule has 2 N–H and O–H groups in total. The summed E-state index contributed by atoms with van der Waals surface area (Å²) in [7, 11) is 0. The molecule has 0 amide bonds. The Hall–Kier alpha value is -2.81. The number of anilines is 1. The lowest BCUT2D eigenvalue weighted by Crippen LogP contribution is -2.45. The van der Waals surface area contributed by atoms with E-state index in [4.69, 9.17) is 5.73 Å². The van der Waals surface area contributed by atoms with Gasteiger partial charge in [0.1, 0.15) is 11.4 Å². The molecular formula is C20H26F2N4O3. The van der Waals surface area contributed by atoms with Gasteiger partial charge < -0.3 is 5.73 Å². The molecule has 0 aliphatic heterocycles. The Bertz CT molecular complexity index is 955. The van der Waals surface area contributed by atoms with Crippen molar-refractivity contribution in [3.8, 4) is 0 Å². The van der Waals surface area contributed by atoms with Gasteiger partial charge in [0.2, 0.25) is 0 Å². The minimum absolute atomic E-state index is 0.0583. The molecule has 2 rings (SSSR count). The number of rotatable bonds is 10. The Morgan fingerprint density at radius 2 is 1.79 bits per heavy atom. The highest BCUT2D eigenvalue weighted by Crippen LogP contribution is 2.11. The summed E-state index contributed by atoms with van der Waals surface area (Å²) >= 11 is 0. The van der Waals surface area contributed by atoms with Crippen LogP contribution in [0, 0.1) is 0 Å². The van der Waals surface area contributed by atoms with Crippen molar-refractivity contribution in [2.45, 2.75) is 39.8 Å². The summed E-state index contributed by atoms with van der Waals surface area (Å²) in [6, 6.07) is 9.00. The van der Waals surface area contributed by atoms with Crippen LogP contribution in [-0.2, 0) is 13.1 Å². The second-order valence-electron chi connectivity index (χ2n) is 6.71. The van der Waals surface area contributed by atoms with E-state index in [2.05, 4.69) is 0 Å². The maximum Gasteiger partial charge on any atom is 0.332 e. The molecule has 0 bridgehead atoms. The lowest BCUT2D eigenvalue weighted by atomic mass is 10.1. The summed E-state index contributed by atoms with van der Waals surface area (Å²) in [6.45, 7) is 2.89. The Balaban J connectivity index is 2.50. The first-order valence-electron chi connectivity index (χ1n) is 9.50. The number of alkyl halides is 2. The van der Waals surface area contributed by atoms with Crippen molar-refractivity contribution in [3.63, 3.8) is 0 Å². The van der Waals surface area contributed by atoms with Crippen LogP contribution in [0.15, 0.2) is 39.9 Å². The highest BCUT2D eigenvalue weighted by molar-refractivity contribution is 6.01. The zero-order valence-electron chi connectivity index (χ0n) is 16.6. The molecule has 0 spiro atoms. The van der Waals surface area contributed by atoms with Crippen molar-refractivity contribution in [1.82, 2.24) is 14.0 Å². The first-order chi connectivity index (χ1) is 13.8. The van der Waals surface area contributed by atoms with Crippen LogP contribution < -0.4 is 17.0 Å². The van der Waals surface area contributed by atoms with E-state index in [0.29, 0.717) is 6.42 Å². The highest BCUT2D eigenvalue weighted by Gasteiger charge is 2.24. The van der Waals surface area contributed by atoms with Gasteiger partial charge in [-0.15, -0.1) is 0 Å². The molecule has 158 valence electrons. The number of nitrogens with two attached hydrogens (primary N) is 1. The van der Waals surface area contributed by atoms with Crippen LogP contribution in [0.4, 0.5) is 14.6 Å². The van der Waals surface area contributed by atoms with Gasteiger partial charge in [0.25, 0.3) is 12.0 Å². The number of carbonyl (C=O) groups is 1. The molecule has 1 aromatic heterocycles. The lowest BCUT2D eigenvalue weighted by molar-refractivity contribution is 0.0747. The number of hydrogen-bond donors (Lipinski definition) is 1. The highest BCUT2D eigenvalue weighted by atomic mass is 19.3. The van der Waals surface area contributed by atoms with Gasteiger partial charge in [0, 0.05) is 6.54 Å². The van der Waals surface area contributed by atoms with Crippen LogP contribution in [0.1, 0.15) is 36.2 Å². The van der Waals surface area contributed by atoms with Crippen molar-refractivity contribution >= 4 is 11.6 Å². The molecule has 1 heterocycles. The minimum atomic E-state index is -2.61. The lowest BCUT2D eigenvalue weighted by Gasteiger charge is -2.21. The molecule has 0 saturated carbocycles. The quantitative estimate of drug-likeness (QED) is 0.606. The average Bonchev–Trinajstić information content (AvgIpc) is 2.66. The fourth-order valence-corrected chi connectivity index (χ4v) is 3.20. The van der Waals surface area contributed by atoms with E-state index in [9.17, 15) is 23.2 Å². The number of carbonyl (C=O) groups excluding carboxylic acids is 1. The maximum atomic E-state index is 12.8. The van der Waals surface area contributed by atoms with E-state index in [1.165, 1.54) is 9.47 Å². The van der Waals surface area contributed by atoms with Gasteiger partial charge in [-0.1, -0.05) is 37.3 Å². The molecule has 9 heteroatoms. The normalized spacial score (nSPS) is 11.4. The van der Waals surface area contributed by atoms with Crippen LogP contribution in [0.25, 0.3) is 0 Å². The molecule has 0 unspecified atom stereocenters. The van der Waals surface area contributed by atoms with Gasteiger partial charge in [-0.2, -0.15) is 0 Å². The number of nitrogens with zero attached hydrogens (tertiary/aromatic N) is 3. The number of hydrogen-bond acceptors (Lipinski definition) is 5. The van der Waals surface area contributed by atoms with Gasteiger partial charge in [0.15, 0.2) is 5.78 Å². The van der Waals surface area contributed by atoms with Crippen molar-refractivity contribution in [3.05, 3.63) is 62.3 Å². The molecule has 0 aliphatic carbocycles. The summed E-state index contributed by atoms with van der Waals surface area (Å²) in [6.07, 6.45) is -2.03. The average molecular weight is 408 g/mol. The first-order valence-corrected chi connectivity index (χ1v) is 9.50. The van der Waals surface area contributed by atoms with Crippen LogP contribution >= 0.6 is 0 Å². The maximum absolute atomic E-state index is 12.8. The van der Waals surface area contributed by atoms with Crippen LogP contribution in [0.3, 0.4) is 0 Å². The summed E-state index contributed by atoms with van der Waals surface area (Å²) in [5, 5.41) is 0. The third-order valence-corrected chi connectivity index (χ3v) is 4.55. The number of nitrogen functional groups attached to an aromatic ring is 1. The van der Waals surface area contributed by atoms with E-state index in [1.54, 1.807) is 38.1 Å². The van der Waals surface area contributed by atoms with Gasteiger partial charge in [0.05, 0.1) is 19.6 Å². The zero-order chi connectivity index (χ0) is 21.6. The monoisotopic (exact) mass is 408 g/mol. The Labute approximate surface area is 167 Å². The Morgan fingerprint density at radius 1 is 1.14 bits per heavy atom. The molecule has 0 saturated heterocycles. The van der Waals surface area contributed by atoms with Crippen molar-refractivity contribution in [2.75, 3.05) is 25.4 Å². The van der Waals surface area contributed by atoms with E-state index in [1.807, 2.05) is 6.07 Å². The van der Waals surface area contributed by atoms with Gasteiger partial charge >= 0.3 is 5.69 Å². The predicted octanol–water partition coefficient (Wildman–Crippen LogP) is 1.82. The van der Waals surface area contributed by atoms with Gasteiger partial charge in [-0.3, -0.25) is 23.6 Å². The molecular weight excluding hydrogens is 382 g/mol. The smallest absolute Gasteiger partial charge is 0.332 e. The van der Waals surface area contributed by atoms with Gasteiger partial charge in [-0.05, 0) is 25.5 Å². The van der Waals surface area contributed by atoms with Crippen molar-refractivity contribution < 1.29 is 13.6 Å². The molecule has 0 aliphatic rings. The summed E-state index contributed by atoms with van der Waals surface area (Å²) in [5.74, 6) is -0.919. The van der Waals surface area contributed by atoms with Crippen LogP contribution in [0.2, 0.25) is 0 Å². The van der Waals surface area contributed by atoms with E-state index in [0.717, 1.165) is 10.1 Å². The molecule has 2 aromatic rings. The van der Waals surface area contributed by atoms with E-state index in [-0.39, 0.29) is 37.6 Å². The second-order valence-corrected chi connectivity index (χ2v) is 6.71. The van der Waals surface area contributed by atoms with Crippen LogP contribution in [0.5, 0.6) is 0 Å². The molecule has 29 heavy (non-hydrogen) atoms. The third kappa shape index (κ3) is 5.38. The van der Waals surface area contributed by atoms with Gasteiger partial charge in [-0.25, -0.2) is 13.6 Å². The molecule has 0 atom stereocenters. The topological polar surface area (TPSA) is 90.3 Å².